The third kappa shape index (κ3) is 25.7. The molecule has 0 fully saturated rings. The van der Waals surface area contributed by atoms with Gasteiger partial charge >= 0.3 is 0 Å². The zero-order valence-corrected chi connectivity index (χ0v) is 28.9. The Morgan fingerprint density at radius 2 is 0.791 bits per heavy atom. The van der Waals surface area contributed by atoms with Crippen molar-refractivity contribution in [1.82, 2.24) is 0 Å². The summed E-state index contributed by atoms with van der Waals surface area (Å²) in [5.74, 6) is 0. The fourth-order valence-corrected chi connectivity index (χ4v) is 5.40. The van der Waals surface area contributed by atoms with Crippen LogP contribution in [0.4, 0.5) is 0 Å². The molecule has 0 bridgehead atoms. The minimum atomic E-state index is -0.248. The van der Waals surface area contributed by atoms with E-state index in [1.807, 2.05) is 0 Å². The maximum absolute atomic E-state index is 12.0. The fourth-order valence-electron chi connectivity index (χ4n) is 5.40. The van der Waals surface area contributed by atoms with Gasteiger partial charge in [-0.05, 0) is 38.5 Å². The third-order valence-corrected chi connectivity index (χ3v) is 8.24. The van der Waals surface area contributed by atoms with Gasteiger partial charge in [-0.2, -0.15) is 0 Å². The van der Waals surface area contributed by atoms with Gasteiger partial charge in [-0.3, -0.25) is 9.59 Å². The molecule has 0 spiro atoms. The number of unbranched alkanes of at least 4 members (excludes halogenated alkanes) is 18. The van der Waals surface area contributed by atoms with E-state index >= 15 is 0 Å². The van der Waals surface area contributed by atoms with Crippen LogP contribution in [0.5, 0.6) is 0 Å². The van der Waals surface area contributed by atoms with Crippen LogP contribution in [0.25, 0.3) is 0 Å². The molecule has 0 amide bonds. The Kier molecular flexibility index (Phi) is 32.6. The molecule has 0 aliphatic carbocycles. The third-order valence-electron chi connectivity index (χ3n) is 8.24. The highest BCUT2D eigenvalue weighted by atomic mass is 16.7. The minimum absolute atomic E-state index is 0.0705. The van der Waals surface area contributed by atoms with E-state index in [0.29, 0.717) is 0 Å². The van der Waals surface area contributed by atoms with Crippen LogP contribution >= 0.6 is 0 Å². The van der Waals surface area contributed by atoms with Crippen LogP contribution < -0.4 is 0 Å². The highest BCUT2D eigenvalue weighted by molar-refractivity contribution is 5.75. The molecule has 5 heteroatoms. The molecule has 0 N–H and O–H groups in total. The van der Waals surface area contributed by atoms with E-state index in [9.17, 15) is 9.59 Å². The Bertz CT molecular complexity index is 615. The topological polar surface area (TPSA) is 61.8 Å². The van der Waals surface area contributed by atoms with Crippen molar-refractivity contribution in [2.75, 3.05) is 13.6 Å². The molecule has 0 radical (unpaired) electrons. The molecule has 5 nitrogen and oxygen atoms in total. The molecular weight excluding hydrogens is 536 g/mol. The highest BCUT2D eigenvalue weighted by Crippen LogP contribution is 2.19. The van der Waals surface area contributed by atoms with Gasteiger partial charge in [0.25, 0.3) is 0 Å². The molecule has 0 heterocycles. The Morgan fingerprint density at radius 3 is 1.14 bits per heavy atom. The van der Waals surface area contributed by atoms with E-state index < -0.39 is 0 Å². The zero-order chi connectivity index (χ0) is 31.6. The molecule has 2 atom stereocenters. The van der Waals surface area contributed by atoms with Crippen LogP contribution in [0.15, 0.2) is 23.3 Å². The summed E-state index contributed by atoms with van der Waals surface area (Å²) in [6, 6.07) is 0. The summed E-state index contributed by atoms with van der Waals surface area (Å²) >= 11 is 0. The standard InChI is InChI=1S/C38H70O5/c1-5-9-13-17-19-21-23-27-35(31-39)37(29-25-15-11-7-3)42-33-41-34-43-38(30-26-16-12-8-4)36(32-40)28-24-22-20-18-14-10-6-2/h27-28,31-32,37-38H,5-26,29-30,33-34H2,1-4H3. The largest absolute Gasteiger partial charge is 0.347 e. The van der Waals surface area contributed by atoms with E-state index in [4.69, 9.17) is 14.2 Å². The van der Waals surface area contributed by atoms with Crippen LogP contribution in [0.1, 0.15) is 182 Å². The van der Waals surface area contributed by atoms with Crippen LogP contribution in [-0.4, -0.2) is 38.4 Å². The molecule has 0 rings (SSSR count). The second-order valence-electron chi connectivity index (χ2n) is 12.2. The lowest BCUT2D eigenvalue weighted by Gasteiger charge is -2.21. The first-order chi connectivity index (χ1) is 21.2. The number of carbonyl (C=O) groups excluding carboxylic acids is 2. The second-order valence-corrected chi connectivity index (χ2v) is 12.2. The molecular formula is C38H70O5. The summed E-state index contributed by atoms with van der Waals surface area (Å²) in [6.45, 7) is 9.02. The van der Waals surface area contributed by atoms with Gasteiger partial charge in [-0.1, -0.05) is 155 Å². The zero-order valence-electron chi connectivity index (χ0n) is 28.9. The van der Waals surface area contributed by atoms with E-state index in [-0.39, 0.29) is 25.8 Å². The first-order valence-electron chi connectivity index (χ1n) is 18.3. The predicted octanol–water partition coefficient (Wildman–Crippen LogP) is 11.4. The SMILES string of the molecule is CCCCCCCCC=C(C=O)C(CCCCCC)OCOCOC(CCCCCC)C(C=O)=CCCCCCCCC. The van der Waals surface area contributed by atoms with Gasteiger partial charge in [0.1, 0.15) is 26.2 Å². The maximum Gasteiger partial charge on any atom is 0.150 e. The van der Waals surface area contributed by atoms with E-state index in [0.717, 1.165) is 87.9 Å². The first kappa shape index (κ1) is 41.7. The molecule has 0 aliphatic rings. The van der Waals surface area contributed by atoms with Crippen molar-refractivity contribution in [3.05, 3.63) is 23.3 Å². The van der Waals surface area contributed by atoms with Gasteiger partial charge < -0.3 is 14.2 Å². The van der Waals surface area contributed by atoms with Crippen LogP contribution in [0.3, 0.4) is 0 Å². The van der Waals surface area contributed by atoms with Crippen LogP contribution in [-0.2, 0) is 23.8 Å². The smallest absolute Gasteiger partial charge is 0.150 e. The Labute approximate surface area is 267 Å². The van der Waals surface area contributed by atoms with Gasteiger partial charge in [-0.15, -0.1) is 0 Å². The predicted molar refractivity (Wildman–Crippen MR) is 182 cm³/mol. The van der Waals surface area contributed by atoms with Gasteiger partial charge in [-0.25, -0.2) is 0 Å². The second kappa shape index (κ2) is 33.6. The van der Waals surface area contributed by atoms with Crippen LogP contribution in [0.2, 0.25) is 0 Å². The minimum Gasteiger partial charge on any atom is -0.347 e. The summed E-state index contributed by atoms with van der Waals surface area (Å²) in [6.07, 6.45) is 33.0. The summed E-state index contributed by atoms with van der Waals surface area (Å²) in [4.78, 5) is 24.0. The molecule has 0 aromatic carbocycles. The van der Waals surface area contributed by atoms with Crippen molar-refractivity contribution in [2.45, 2.75) is 194 Å². The number of hydrogen-bond donors (Lipinski definition) is 0. The average molecular weight is 607 g/mol. The Balaban J connectivity index is 4.92. The van der Waals surface area contributed by atoms with Gasteiger partial charge in [0, 0.05) is 11.1 Å². The van der Waals surface area contributed by atoms with Crippen molar-refractivity contribution < 1.29 is 23.8 Å². The van der Waals surface area contributed by atoms with E-state index in [2.05, 4.69) is 39.8 Å². The number of hydrogen-bond acceptors (Lipinski definition) is 5. The average Bonchev–Trinajstić information content (AvgIpc) is 3.02. The van der Waals surface area contributed by atoms with Crippen molar-refractivity contribution in [3.8, 4) is 0 Å². The van der Waals surface area contributed by atoms with E-state index in [1.54, 1.807) is 0 Å². The summed E-state index contributed by atoms with van der Waals surface area (Å²) in [5, 5.41) is 0. The number of rotatable bonds is 34. The Morgan fingerprint density at radius 1 is 0.465 bits per heavy atom. The van der Waals surface area contributed by atoms with Gasteiger partial charge in [0.05, 0.1) is 12.2 Å². The lowest BCUT2D eigenvalue weighted by molar-refractivity contribution is -0.157. The van der Waals surface area contributed by atoms with Crippen molar-refractivity contribution in [2.24, 2.45) is 0 Å². The number of ether oxygens (including phenoxy) is 3. The maximum atomic E-state index is 12.0. The summed E-state index contributed by atoms with van der Waals surface area (Å²) < 4.78 is 18.0. The number of allylic oxidation sites excluding steroid dienone is 2. The number of aldehydes is 2. The normalized spacial score (nSPS) is 13.8. The van der Waals surface area contributed by atoms with Crippen molar-refractivity contribution >= 4 is 12.6 Å². The molecule has 0 saturated carbocycles. The molecule has 0 aromatic rings. The van der Waals surface area contributed by atoms with Crippen molar-refractivity contribution in [3.63, 3.8) is 0 Å². The Hall–Kier alpha value is -1.30. The molecule has 43 heavy (non-hydrogen) atoms. The van der Waals surface area contributed by atoms with Gasteiger partial charge in [0.2, 0.25) is 0 Å². The quantitative estimate of drug-likeness (QED) is 0.0315. The lowest BCUT2D eigenvalue weighted by Crippen LogP contribution is -2.22. The number of carbonyl (C=O) groups is 2. The molecule has 0 saturated heterocycles. The molecule has 0 aromatic heterocycles. The van der Waals surface area contributed by atoms with Crippen LogP contribution in [0, 0.1) is 0 Å². The van der Waals surface area contributed by atoms with Gasteiger partial charge in [0.15, 0.2) is 0 Å². The van der Waals surface area contributed by atoms with E-state index in [1.165, 1.54) is 89.9 Å². The summed E-state index contributed by atoms with van der Waals surface area (Å²) in [7, 11) is 0. The highest BCUT2D eigenvalue weighted by Gasteiger charge is 2.17. The molecule has 0 aliphatic heterocycles. The summed E-state index contributed by atoms with van der Waals surface area (Å²) in [5.41, 5.74) is 1.48. The monoisotopic (exact) mass is 607 g/mol. The fraction of sp³-hybridized carbons (Fsp3) is 0.842. The lowest BCUT2D eigenvalue weighted by atomic mass is 10.0. The molecule has 2 unspecified atom stereocenters. The van der Waals surface area contributed by atoms with Crippen molar-refractivity contribution in [1.29, 1.82) is 0 Å². The molecule has 252 valence electrons. The first-order valence-corrected chi connectivity index (χ1v) is 18.3.